The van der Waals surface area contributed by atoms with E-state index < -0.39 is 17.9 Å². The number of carboxylic acid groups (broad SMARTS) is 1. The van der Waals surface area contributed by atoms with Gasteiger partial charge < -0.3 is 20.0 Å². The Morgan fingerprint density at radius 3 is 2.53 bits per heavy atom. The Kier molecular flexibility index (Phi) is 12.1. The van der Waals surface area contributed by atoms with Crippen molar-refractivity contribution in [2.24, 2.45) is 5.92 Å². The number of hydrogen-bond donors (Lipinski definition) is 1. The van der Waals surface area contributed by atoms with E-state index in [0.29, 0.717) is 24.3 Å². The number of carboxylic acids is 1. The molecule has 7 heteroatoms. The molecule has 1 N–H and O–H groups in total. The molecule has 1 atom stereocenters. The molecule has 0 aromatic heterocycles. The van der Waals surface area contributed by atoms with Crippen LogP contribution >= 0.6 is 11.8 Å². The van der Waals surface area contributed by atoms with Gasteiger partial charge in [-0.25, -0.2) is 0 Å². The van der Waals surface area contributed by atoms with Crippen molar-refractivity contribution in [3.8, 4) is 16.9 Å². The van der Waals surface area contributed by atoms with Gasteiger partial charge >= 0.3 is 18.9 Å². The van der Waals surface area contributed by atoms with Gasteiger partial charge in [0.05, 0.1) is 18.6 Å². The van der Waals surface area contributed by atoms with Crippen LogP contribution in [-0.2, 0) is 4.79 Å². The fourth-order valence-corrected chi connectivity index (χ4v) is 4.92. The number of thioether (sulfide) groups is 1. The number of carbonyl (C=O) groups is 2. The van der Waals surface area contributed by atoms with Gasteiger partial charge in [0, 0.05) is 5.56 Å². The van der Waals surface area contributed by atoms with Crippen molar-refractivity contribution in [2.45, 2.75) is 57.9 Å². The average Bonchev–Trinajstić information content (AvgIpc) is 2.82. The molecule has 3 rings (SSSR count). The van der Waals surface area contributed by atoms with Crippen molar-refractivity contribution in [2.75, 3.05) is 18.6 Å². The largest absolute Gasteiger partial charge is 1.00 e. The molecular weight excluding hydrogens is 441 g/mol. The Balaban J connectivity index is 0.00000408. The van der Waals surface area contributed by atoms with Crippen LogP contribution in [0.25, 0.3) is 11.1 Å². The van der Waals surface area contributed by atoms with Crippen LogP contribution in [0.3, 0.4) is 0 Å². The summed E-state index contributed by atoms with van der Waals surface area (Å²) >= 11 is 1.53. The minimum absolute atomic E-state index is 0. The molecule has 1 amide bonds. The van der Waals surface area contributed by atoms with E-state index in [-0.39, 0.29) is 18.9 Å². The van der Waals surface area contributed by atoms with Crippen molar-refractivity contribution in [1.29, 1.82) is 0 Å². The topological polar surface area (TPSA) is 78.5 Å². The van der Waals surface area contributed by atoms with Crippen LogP contribution in [-0.4, -0.2) is 36.5 Å². The first-order valence-corrected chi connectivity index (χ1v) is 13.2. The first-order chi connectivity index (χ1) is 16.0. The van der Waals surface area contributed by atoms with Gasteiger partial charge in [-0.1, -0.05) is 56.4 Å². The predicted molar refractivity (Wildman–Crippen MR) is 133 cm³/mol. The fraction of sp³-hybridized carbons (Fsp3) is 0.481. The second-order valence-electron chi connectivity index (χ2n) is 8.79. The van der Waals surface area contributed by atoms with Gasteiger partial charge in [-0.3, -0.25) is 4.79 Å². The van der Waals surface area contributed by atoms with Crippen LogP contribution in [0.2, 0.25) is 0 Å². The monoisotopic (exact) mass is 475 g/mol. The molecule has 1 aliphatic rings. The van der Waals surface area contributed by atoms with Gasteiger partial charge in [-0.15, -0.1) is 0 Å². The van der Waals surface area contributed by atoms with E-state index >= 15 is 0 Å². The van der Waals surface area contributed by atoms with E-state index in [9.17, 15) is 14.7 Å². The molecule has 1 aliphatic carbocycles. The molecule has 0 radical (unpaired) electrons. The maximum absolute atomic E-state index is 13.1. The Hall–Kier alpha value is -1.87. The molecule has 1 saturated carbocycles. The summed E-state index contributed by atoms with van der Waals surface area (Å²) in [4.78, 5) is 24.6. The first-order valence-electron chi connectivity index (χ1n) is 11.8. The number of aryl methyl sites for hydroxylation is 1. The Labute approximate surface area is 219 Å². The van der Waals surface area contributed by atoms with Gasteiger partial charge in [0.1, 0.15) is 5.75 Å². The van der Waals surface area contributed by atoms with E-state index in [1.54, 1.807) is 12.1 Å². The van der Waals surface area contributed by atoms with E-state index in [1.165, 1.54) is 43.9 Å². The molecule has 2 aromatic rings. The third kappa shape index (κ3) is 8.11. The second kappa shape index (κ2) is 14.5. The van der Waals surface area contributed by atoms with Crippen LogP contribution in [0, 0.1) is 12.8 Å². The van der Waals surface area contributed by atoms with Crippen molar-refractivity contribution < 1.29 is 38.3 Å². The summed E-state index contributed by atoms with van der Waals surface area (Å²) in [6.07, 6.45) is 9.81. The van der Waals surface area contributed by atoms with Crippen molar-refractivity contribution in [3.63, 3.8) is 0 Å². The Morgan fingerprint density at radius 2 is 1.85 bits per heavy atom. The number of nitrogens with one attached hydrogen (secondary N) is 1. The minimum atomic E-state index is -1.27. The van der Waals surface area contributed by atoms with Crippen LogP contribution in [0.1, 0.15) is 60.9 Å². The summed E-state index contributed by atoms with van der Waals surface area (Å²) in [5.74, 6) is 0.397. The fourth-order valence-electron chi connectivity index (χ4n) is 4.45. The van der Waals surface area contributed by atoms with Gasteiger partial charge in [-0.2, -0.15) is 11.8 Å². The molecule has 0 spiro atoms. The van der Waals surface area contributed by atoms with Crippen molar-refractivity contribution in [1.82, 2.24) is 5.32 Å². The van der Waals surface area contributed by atoms with Gasteiger partial charge in [0.15, 0.2) is 0 Å². The normalized spacial score (nSPS) is 14.6. The average molecular weight is 476 g/mol. The number of hydrogen-bond acceptors (Lipinski definition) is 5. The third-order valence-corrected chi connectivity index (χ3v) is 7.03. The molecular formula is C27H34LiNO4S. The summed E-state index contributed by atoms with van der Waals surface area (Å²) < 4.78 is 6.08. The SMILES string of the molecule is CSCC[C@H](NC(=O)c1ccc(OCCC2CCCCC2)cc1-c1ccccc1C)C(=O)[O-].[Li+]. The maximum atomic E-state index is 13.1. The van der Waals surface area contributed by atoms with Crippen molar-refractivity contribution >= 4 is 23.6 Å². The Bertz CT molecular complexity index is 946. The number of amides is 1. The van der Waals surface area contributed by atoms with E-state index in [0.717, 1.165) is 34.8 Å². The molecule has 0 unspecified atom stereocenters. The van der Waals surface area contributed by atoms with Gasteiger partial charge in [-0.05, 0) is 72.6 Å². The second-order valence-corrected chi connectivity index (χ2v) is 9.78. The summed E-state index contributed by atoms with van der Waals surface area (Å²) in [5, 5.41) is 14.2. The van der Waals surface area contributed by atoms with Crippen LogP contribution in [0.5, 0.6) is 5.75 Å². The zero-order valence-electron chi connectivity index (χ0n) is 20.6. The number of aliphatic carboxylic acids is 1. The molecule has 34 heavy (non-hydrogen) atoms. The zero-order valence-corrected chi connectivity index (χ0v) is 21.4. The molecule has 0 saturated heterocycles. The number of ether oxygens (including phenoxy) is 1. The number of rotatable bonds is 11. The zero-order chi connectivity index (χ0) is 23.6. The van der Waals surface area contributed by atoms with Crippen LogP contribution < -0.4 is 34.0 Å². The van der Waals surface area contributed by atoms with E-state index in [4.69, 9.17) is 4.74 Å². The molecule has 0 aliphatic heterocycles. The molecule has 0 bridgehead atoms. The van der Waals surface area contributed by atoms with Crippen molar-refractivity contribution in [3.05, 3.63) is 53.6 Å². The molecule has 2 aromatic carbocycles. The van der Waals surface area contributed by atoms with Gasteiger partial charge in [0.25, 0.3) is 5.91 Å². The summed E-state index contributed by atoms with van der Waals surface area (Å²) in [7, 11) is 0. The van der Waals surface area contributed by atoms with Gasteiger partial charge in [0.2, 0.25) is 0 Å². The molecule has 5 nitrogen and oxygen atoms in total. The van der Waals surface area contributed by atoms with Crippen LogP contribution in [0.15, 0.2) is 42.5 Å². The van der Waals surface area contributed by atoms with Crippen LogP contribution in [0.4, 0.5) is 0 Å². The molecule has 0 heterocycles. The van der Waals surface area contributed by atoms with E-state index in [1.807, 2.05) is 43.5 Å². The maximum Gasteiger partial charge on any atom is 1.00 e. The predicted octanol–water partition coefficient (Wildman–Crippen LogP) is 1.62. The first kappa shape index (κ1) is 28.4. The number of carbonyl (C=O) groups excluding carboxylic acids is 2. The minimum Gasteiger partial charge on any atom is -0.548 e. The third-order valence-electron chi connectivity index (χ3n) is 6.39. The summed E-state index contributed by atoms with van der Waals surface area (Å²) in [5.41, 5.74) is 3.13. The summed E-state index contributed by atoms with van der Waals surface area (Å²) in [6, 6.07) is 12.3. The smallest absolute Gasteiger partial charge is 0.548 e. The molecule has 1 fully saturated rings. The van der Waals surface area contributed by atoms with E-state index in [2.05, 4.69) is 5.32 Å². The molecule has 178 valence electrons. The quantitative estimate of drug-likeness (QED) is 0.500. The number of benzene rings is 2. The Morgan fingerprint density at radius 1 is 1.12 bits per heavy atom. The summed E-state index contributed by atoms with van der Waals surface area (Å²) in [6.45, 7) is 2.65. The standard InChI is InChI=1S/C27H35NO4S.Li/c1-19-8-6-7-11-22(19)24-18-21(32-16-14-20-9-4-3-5-10-20)12-13-23(24)26(29)28-25(27(30)31)15-17-33-2;/h6-8,11-13,18,20,25H,3-5,9-10,14-17H2,1-2H3,(H,28,29)(H,30,31);/q;+1/p-1/t25-;/m0./s1.